The van der Waals surface area contributed by atoms with Crippen molar-refractivity contribution in [1.29, 1.82) is 0 Å². The summed E-state index contributed by atoms with van der Waals surface area (Å²) in [7, 11) is 0. The largest absolute Gasteiger partial charge is 0.455 e. The van der Waals surface area contributed by atoms with Gasteiger partial charge in [-0.15, -0.1) is 11.8 Å². The molecule has 0 aliphatic heterocycles. The lowest BCUT2D eigenvalue weighted by Crippen LogP contribution is -2.17. The van der Waals surface area contributed by atoms with Gasteiger partial charge in [-0.2, -0.15) is 5.10 Å². The number of hydrogen-bond acceptors (Lipinski definition) is 6. The number of benzene rings is 2. The van der Waals surface area contributed by atoms with Gasteiger partial charge in [-0.05, 0) is 36.4 Å². The molecule has 0 fully saturated rings. The highest BCUT2D eigenvalue weighted by Gasteiger charge is 2.08. The number of nitro groups is 1. The number of carbonyl (C=O) groups is 1. The first-order valence-electron chi connectivity index (χ1n) is 8.46. The lowest BCUT2D eigenvalue weighted by atomic mass is 10.1. The normalized spacial score (nSPS) is 10.9. The van der Waals surface area contributed by atoms with Crippen LogP contribution in [0.2, 0.25) is 0 Å². The predicted molar refractivity (Wildman–Crippen MR) is 108 cm³/mol. The summed E-state index contributed by atoms with van der Waals surface area (Å²) in [6, 6.07) is 19.4. The predicted octanol–water partition coefficient (Wildman–Crippen LogP) is 4.49. The number of amides is 1. The van der Waals surface area contributed by atoms with E-state index in [1.165, 1.54) is 18.3 Å². The lowest BCUT2D eigenvalue weighted by Gasteiger charge is -2.00. The van der Waals surface area contributed by atoms with E-state index in [2.05, 4.69) is 10.5 Å². The van der Waals surface area contributed by atoms with Gasteiger partial charge in [-0.3, -0.25) is 14.9 Å². The average molecular weight is 395 g/mol. The zero-order valence-corrected chi connectivity index (χ0v) is 15.6. The third kappa shape index (κ3) is 5.55. The van der Waals surface area contributed by atoms with Gasteiger partial charge in [0, 0.05) is 34.8 Å². The third-order valence-corrected chi connectivity index (χ3v) is 4.73. The number of nitrogens with one attached hydrogen (secondary N) is 1. The van der Waals surface area contributed by atoms with Crippen molar-refractivity contribution in [2.75, 3.05) is 5.75 Å². The molecule has 0 aliphatic carbocycles. The molecule has 28 heavy (non-hydrogen) atoms. The molecule has 0 spiro atoms. The number of carbonyl (C=O) groups excluding carboxylic acids is 1. The Morgan fingerprint density at radius 1 is 1.11 bits per heavy atom. The van der Waals surface area contributed by atoms with Crippen LogP contribution >= 0.6 is 11.8 Å². The van der Waals surface area contributed by atoms with Gasteiger partial charge < -0.3 is 4.42 Å². The third-order valence-electron chi connectivity index (χ3n) is 3.71. The number of non-ortho nitro benzene ring substituents is 1. The summed E-state index contributed by atoms with van der Waals surface area (Å²) in [6.45, 7) is 0. The maximum atomic E-state index is 11.8. The fourth-order valence-electron chi connectivity index (χ4n) is 2.33. The number of hydrogen-bond donors (Lipinski definition) is 1. The van der Waals surface area contributed by atoms with E-state index < -0.39 is 4.92 Å². The summed E-state index contributed by atoms with van der Waals surface area (Å²) >= 11 is 1.61. The second kappa shape index (κ2) is 9.52. The summed E-state index contributed by atoms with van der Waals surface area (Å²) in [4.78, 5) is 23.2. The van der Waals surface area contributed by atoms with Gasteiger partial charge in [0.2, 0.25) is 5.91 Å². The highest BCUT2D eigenvalue weighted by atomic mass is 32.2. The van der Waals surface area contributed by atoms with Crippen molar-refractivity contribution in [3.05, 3.63) is 82.6 Å². The molecule has 2 aromatic carbocycles. The van der Waals surface area contributed by atoms with Crippen molar-refractivity contribution in [3.63, 3.8) is 0 Å². The average Bonchev–Trinajstić information content (AvgIpc) is 3.18. The topological polar surface area (TPSA) is 97.7 Å². The molecule has 3 rings (SSSR count). The summed E-state index contributed by atoms with van der Waals surface area (Å²) in [5, 5.41) is 14.6. The first-order chi connectivity index (χ1) is 13.6. The van der Waals surface area contributed by atoms with E-state index in [1.54, 1.807) is 36.0 Å². The molecule has 0 saturated carbocycles. The van der Waals surface area contributed by atoms with Crippen molar-refractivity contribution in [2.45, 2.75) is 11.3 Å². The van der Waals surface area contributed by atoms with E-state index in [0.29, 0.717) is 29.3 Å². The first-order valence-corrected chi connectivity index (χ1v) is 9.45. The standard InChI is InChI=1S/C20H17N3O4S/c24-20(12-13-28-18-4-2-1-3-5-18)22-21-14-17-10-11-19(27-17)15-6-8-16(9-7-15)23(25)26/h1-11,14H,12-13H2,(H,22,24)/b21-14-. The Bertz CT molecular complexity index is 969. The second-order valence-corrected chi connectivity index (χ2v) is 6.88. The Morgan fingerprint density at radius 2 is 1.86 bits per heavy atom. The van der Waals surface area contributed by atoms with Crippen LogP contribution in [-0.2, 0) is 4.79 Å². The van der Waals surface area contributed by atoms with Crippen molar-refractivity contribution >= 4 is 29.6 Å². The van der Waals surface area contributed by atoms with Crippen molar-refractivity contribution in [2.24, 2.45) is 5.10 Å². The van der Waals surface area contributed by atoms with Crippen LogP contribution in [0.3, 0.4) is 0 Å². The molecule has 1 N–H and O–H groups in total. The maximum absolute atomic E-state index is 11.8. The Morgan fingerprint density at radius 3 is 2.57 bits per heavy atom. The molecule has 1 amide bonds. The Balaban J connectivity index is 1.47. The highest BCUT2D eigenvalue weighted by molar-refractivity contribution is 7.99. The second-order valence-electron chi connectivity index (χ2n) is 5.71. The van der Waals surface area contributed by atoms with Crippen molar-refractivity contribution < 1.29 is 14.1 Å². The lowest BCUT2D eigenvalue weighted by molar-refractivity contribution is -0.384. The minimum absolute atomic E-state index is 0.0187. The van der Waals surface area contributed by atoms with E-state index in [1.807, 2.05) is 30.3 Å². The smallest absolute Gasteiger partial charge is 0.269 e. The van der Waals surface area contributed by atoms with E-state index in [9.17, 15) is 14.9 Å². The number of rotatable bonds is 8. The van der Waals surface area contributed by atoms with Crippen molar-refractivity contribution in [1.82, 2.24) is 5.43 Å². The first kappa shape index (κ1) is 19.4. The van der Waals surface area contributed by atoms with E-state index in [0.717, 1.165) is 4.90 Å². The molecular weight excluding hydrogens is 378 g/mol. The van der Waals surface area contributed by atoms with Gasteiger partial charge in [-0.25, -0.2) is 5.43 Å². The molecule has 142 valence electrons. The van der Waals surface area contributed by atoms with Crippen LogP contribution in [0, 0.1) is 10.1 Å². The van der Waals surface area contributed by atoms with Gasteiger partial charge in [-0.1, -0.05) is 18.2 Å². The monoisotopic (exact) mass is 395 g/mol. The molecule has 3 aromatic rings. The maximum Gasteiger partial charge on any atom is 0.269 e. The summed E-state index contributed by atoms with van der Waals surface area (Å²) in [5.74, 6) is 1.51. The van der Waals surface area contributed by atoms with Crippen LogP contribution in [0.5, 0.6) is 0 Å². The fraction of sp³-hybridized carbons (Fsp3) is 0.100. The van der Waals surface area contributed by atoms with Gasteiger partial charge in [0.15, 0.2) is 0 Å². The number of furan rings is 1. The minimum atomic E-state index is -0.453. The molecule has 1 heterocycles. The Hall–Kier alpha value is -3.39. The quantitative estimate of drug-likeness (QED) is 0.262. The fourth-order valence-corrected chi connectivity index (χ4v) is 3.20. The van der Waals surface area contributed by atoms with Crippen LogP contribution in [0.15, 0.2) is 81.1 Å². The number of hydrazone groups is 1. The number of thioether (sulfide) groups is 1. The summed E-state index contributed by atoms with van der Waals surface area (Å²) in [5.41, 5.74) is 3.20. The van der Waals surface area contributed by atoms with Crippen LogP contribution in [0.25, 0.3) is 11.3 Å². The molecule has 0 saturated heterocycles. The molecule has 1 aromatic heterocycles. The Kier molecular flexibility index (Phi) is 6.59. The highest BCUT2D eigenvalue weighted by Crippen LogP contribution is 2.24. The van der Waals surface area contributed by atoms with Gasteiger partial charge in [0.05, 0.1) is 11.1 Å². The molecule has 7 nitrogen and oxygen atoms in total. The zero-order valence-electron chi connectivity index (χ0n) is 14.8. The van der Waals surface area contributed by atoms with Crippen LogP contribution in [0.4, 0.5) is 5.69 Å². The summed E-state index contributed by atoms with van der Waals surface area (Å²) < 4.78 is 5.62. The minimum Gasteiger partial charge on any atom is -0.455 e. The van der Waals surface area contributed by atoms with Crippen LogP contribution < -0.4 is 5.43 Å². The molecule has 0 unspecified atom stereocenters. The van der Waals surface area contributed by atoms with Crippen molar-refractivity contribution in [3.8, 4) is 11.3 Å². The van der Waals surface area contributed by atoms with E-state index in [4.69, 9.17) is 4.42 Å². The van der Waals surface area contributed by atoms with Crippen LogP contribution in [-0.4, -0.2) is 22.8 Å². The summed E-state index contributed by atoms with van der Waals surface area (Å²) in [6.07, 6.45) is 1.76. The van der Waals surface area contributed by atoms with Gasteiger partial charge in [0.1, 0.15) is 11.5 Å². The molecular formula is C20H17N3O4S. The zero-order chi connectivity index (χ0) is 19.8. The molecule has 0 aliphatic rings. The molecule has 0 atom stereocenters. The SMILES string of the molecule is O=C(CCSc1ccccc1)N/N=C\c1ccc(-c2ccc([N+](=O)[O-])cc2)o1. The number of nitrogens with zero attached hydrogens (tertiary/aromatic N) is 2. The van der Waals surface area contributed by atoms with Gasteiger partial charge in [0.25, 0.3) is 5.69 Å². The Labute approximate surface area is 165 Å². The molecule has 0 radical (unpaired) electrons. The van der Waals surface area contributed by atoms with Crippen LogP contribution in [0.1, 0.15) is 12.2 Å². The molecule has 0 bridgehead atoms. The van der Waals surface area contributed by atoms with E-state index in [-0.39, 0.29) is 11.6 Å². The number of nitro benzene ring substituents is 1. The van der Waals surface area contributed by atoms with E-state index >= 15 is 0 Å². The van der Waals surface area contributed by atoms with Gasteiger partial charge >= 0.3 is 0 Å². The molecule has 8 heteroatoms.